The van der Waals surface area contributed by atoms with E-state index in [-0.39, 0.29) is 36.4 Å². The molecule has 1 aromatic heterocycles. The first-order valence-corrected chi connectivity index (χ1v) is 11.1. The number of nitrogens with one attached hydrogen (secondary N) is 2. The number of amides is 1. The van der Waals surface area contributed by atoms with Crippen molar-refractivity contribution in [3.05, 3.63) is 59.0 Å². The summed E-state index contributed by atoms with van der Waals surface area (Å²) in [5, 5.41) is 17.1. The van der Waals surface area contributed by atoms with E-state index in [0.717, 1.165) is 42.8 Å². The van der Waals surface area contributed by atoms with E-state index in [0.29, 0.717) is 24.8 Å². The second-order valence-electron chi connectivity index (χ2n) is 8.28. The van der Waals surface area contributed by atoms with Crippen molar-refractivity contribution in [2.45, 2.75) is 52.2 Å². The molecule has 1 aliphatic rings. The summed E-state index contributed by atoms with van der Waals surface area (Å²) in [5.74, 6) is 2.00. The Morgan fingerprint density at radius 1 is 1.12 bits per heavy atom. The van der Waals surface area contributed by atoms with Crippen molar-refractivity contribution < 1.29 is 14.3 Å². The minimum absolute atomic E-state index is 0. The van der Waals surface area contributed by atoms with Crippen molar-refractivity contribution in [3.63, 3.8) is 0 Å². The zero-order valence-corrected chi connectivity index (χ0v) is 21.5. The summed E-state index contributed by atoms with van der Waals surface area (Å²) < 4.78 is 5.56. The molecule has 7 nitrogen and oxygen atoms in total. The molecule has 1 unspecified atom stereocenters. The number of rotatable bonds is 7. The average Bonchev–Trinajstić information content (AvgIpc) is 3.23. The Morgan fingerprint density at radius 2 is 1.81 bits per heavy atom. The molecule has 8 heteroatoms. The number of furan rings is 1. The van der Waals surface area contributed by atoms with Crippen LogP contribution in [0.2, 0.25) is 0 Å². The quantitative estimate of drug-likeness (QED) is 0.275. The summed E-state index contributed by atoms with van der Waals surface area (Å²) in [6, 6.07) is 11.3. The maximum Gasteiger partial charge on any atom is 0.253 e. The largest absolute Gasteiger partial charge is 0.463 e. The van der Waals surface area contributed by atoms with Crippen LogP contribution in [-0.4, -0.2) is 48.1 Å². The van der Waals surface area contributed by atoms with Gasteiger partial charge >= 0.3 is 0 Å². The molecular weight excluding hydrogens is 519 g/mol. The van der Waals surface area contributed by atoms with Gasteiger partial charge in [-0.3, -0.25) is 4.79 Å². The van der Waals surface area contributed by atoms with E-state index in [1.54, 1.807) is 13.0 Å². The van der Waals surface area contributed by atoms with Gasteiger partial charge in [-0.2, -0.15) is 0 Å². The minimum Gasteiger partial charge on any atom is -0.463 e. The van der Waals surface area contributed by atoms with E-state index in [4.69, 9.17) is 4.42 Å². The molecule has 1 aliphatic heterocycles. The van der Waals surface area contributed by atoms with Crippen molar-refractivity contribution in [3.8, 4) is 0 Å². The van der Waals surface area contributed by atoms with Crippen molar-refractivity contribution in [1.82, 2.24) is 15.5 Å². The molecule has 0 bridgehead atoms. The molecule has 1 aromatic carbocycles. The third-order valence-electron chi connectivity index (χ3n) is 5.48. The fourth-order valence-corrected chi connectivity index (χ4v) is 3.61. The lowest BCUT2D eigenvalue weighted by atomic mass is 10.0. The van der Waals surface area contributed by atoms with Crippen LogP contribution in [0.1, 0.15) is 60.6 Å². The monoisotopic (exact) mass is 554 g/mol. The lowest BCUT2D eigenvalue weighted by Gasteiger charge is -2.26. The van der Waals surface area contributed by atoms with Gasteiger partial charge in [-0.05, 0) is 69.9 Å². The molecule has 0 radical (unpaired) electrons. The van der Waals surface area contributed by atoms with Gasteiger partial charge in [0.25, 0.3) is 5.91 Å². The zero-order chi connectivity index (χ0) is 22.3. The number of aliphatic hydroxyl groups is 1. The van der Waals surface area contributed by atoms with Crippen LogP contribution in [-0.2, 0) is 12.1 Å². The molecule has 1 saturated heterocycles. The number of aryl methyl sites for hydroxylation is 1. The highest BCUT2D eigenvalue weighted by atomic mass is 127. The molecule has 3 rings (SSSR count). The van der Waals surface area contributed by atoms with Crippen molar-refractivity contribution in [2.24, 2.45) is 4.99 Å². The topological polar surface area (TPSA) is 90.1 Å². The molecule has 1 amide bonds. The molecule has 32 heavy (non-hydrogen) atoms. The van der Waals surface area contributed by atoms with Crippen LogP contribution in [0.5, 0.6) is 0 Å². The molecular formula is C24H35IN4O3. The Balaban J connectivity index is 0.00000363. The molecule has 176 valence electrons. The number of carbonyl (C=O) groups is 1. The molecule has 2 aromatic rings. The van der Waals surface area contributed by atoms with Crippen LogP contribution in [0.3, 0.4) is 0 Å². The first kappa shape index (κ1) is 26.2. The predicted molar refractivity (Wildman–Crippen MR) is 137 cm³/mol. The number of likely N-dealkylation sites (tertiary alicyclic amines) is 1. The second kappa shape index (κ2) is 12.2. The predicted octanol–water partition coefficient (Wildman–Crippen LogP) is 3.79. The normalized spacial score (nSPS) is 16.1. The standard InChI is InChI=1S/C24H34N4O3.HI/c1-4-25-23(27-17-24(3,30)21-13-8-18(2)31-21)26-16-19-9-11-20(12-10-19)22(29)28-14-6-5-7-15-28;/h8-13,30H,4-7,14-17H2,1-3H3,(H2,25,26,27);1H. The van der Waals surface area contributed by atoms with Crippen LogP contribution in [0.25, 0.3) is 0 Å². The summed E-state index contributed by atoms with van der Waals surface area (Å²) >= 11 is 0. The van der Waals surface area contributed by atoms with E-state index in [9.17, 15) is 9.90 Å². The Hall–Kier alpha value is -2.07. The van der Waals surface area contributed by atoms with Crippen LogP contribution in [0.15, 0.2) is 45.8 Å². The molecule has 0 saturated carbocycles. The second-order valence-corrected chi connectivity index (χ2v) is 8.28. The molecule has 2 heterocycles. The highest BCUT2D eigenvalue weighted by molar-refractivity contribution is 14.0. The SMILES string of the molecule is CCNC(=NCc1ccc(C(=O)N2CCCCC2)cc1)NCC(C)(O)c1ccc(C)o1.I. The molecule has 0 aliphatic carbocycles. The van der Waals surface area contributed by atoms with Crippen LogP contribution in [0, 0.1) is 6.92 Å². The van der Waals surface area contributed by atoms with Crippen molar-refractivity contribution in [2.75, 3.05) is 26.2 Å². The van der Waals surface area contributed by atoms with Gasteiger partial charge in [0.15, 0.2) is 5.96 Å². The summed E-state index contributed by atoms with van der Waals surface area (Å²) in [4.78, 5) is 19.2. The van der Waals surface area contributed by atoms with E-state index in [1.165, 1.54) is 6.42 Å². The van der Waals surface area contributed by atoms with Gasteiger partial charge in [0.05, 0.1) is 13.1 Å². The number of halogens is 1. The molecule has 1 fully saturated rings. The Kier molecular flexibility index (Phi) is 10.0. The Morgan fingerprint density at radius 3 is 2.41 bits per heavy atom. The van der Waals surface area contributed by atoms with Gasteiger partial charge in [0.1, 0.15) is 17.1 Å². The van der Waals surface area contributed by atoms with Gasteiger partial charge in [-0.25, -0.2) is 4.99 Å². The van der Waals surface area contributed by atoms with Crippen molar-refractivity contribution >= 4 is 35.8 Å². The number of nitrogens with zero attached hydrogens (tertiary/aromatic N) is 2. The first-order chi connectivity index (χ1) is 14.9. The number of guanidine groups is 1. The number of benzene rings is 1. The van der Waals surface area contributed by atoms with E-state index in [1.807, 2.05) is 49.1 Å². The number of aliphatic imine (C=N–C) groups is 1. The number of hydrogen-bond acceptors (Lipinski definition) is 4. The van der Waals surface area contributed by atoms with E-state index in [2.05, 4.69) is 15.6 Å². The fourth-order valence-electron chi connectivity index (χ4n) is 3.61. The third-order valence-corrected chi connectivity index (χ3v) is 5.48. The van der Waals surface area contributed by atoms with Gasteiger partial charge in [0, 0.05) is 25.2 Å². The average molecular weight is 554 g/mol. The highest BCUT2D eigenvalue weighted by Gasteiger charge is 2.27. The summed E-state index contributed by atoms with van der Waals surface area (Å²) in [5.41, 5.74) is 0.589. The highest BCUT2D eigenvalue weighted by Crippen LogP contribution is 2.22. The minimum atomic E-state index is -1.15. The Bertz CT molecular complexity index is 887. The van der Waals surface area contributed by atoms with Crippen LogP contribution in [0.4, 0.5) is 0 Å². The number of hydrogen-bond donors (Lipinski definition) is 3. The van der Waals surface area contributed by atoms with Crippen LogP contribution >= 0.6 is 24.0 Å². The maximum absolute atomic E-state index is 12.6. The summed E-state index contributed by atoms with van der Waals surface area (Å²) in [6.45, 7) is 8.69. The molecule has 0 spiro atoms. The van der Waals surface area contributed by atoms with Crippen LogP contribution < -0.4 is 10.6 Å². The van der Waals surface area contributed by atoms with Gasteiger partial charge in [-0.15, -0.1) is 24.0 Å². The lowest BCUT2D eigenvalue weighted by molar-refractivity contribution is 0.0378. The summed E-state index contributed by atoms with van der Waals surface area (Å²) in [6.07, 6.45) is 3.38. The van der Waals surface area contributed by atoms with E-state index >= 15 is 0 Å². The third kappa shape index (κ3) is 7.23. The maximum atomic E-state index is 12.6. The first-order valence-electron chi connectivity index (χ1n) is 11.1. The fraction of sp³-hybridized carbons (Fsp3) is 0.500. The van der Waals surface area contributed by atoms with E-state index < -0.39 is 5.60 Å². The summed E-state index contributed by atoms with van der Waals surface area (Å²) in [7, 11) is 0. The molecule has 3 N–H and O–H groups in total. The zero-order valence-electron chi connectivity index (χ0n) is 19.2. The molecule has 1 atom stereocenters. The number of carbonyl (C=O) groups excluding carboxylic acids is 1. The van der Waals surface area contributed by atoms with Gasteiger partial charge in [-0.1, -0.05) is 12.1 Å². The van der Waals surface area contributed by atoms with Crippen molar-refractivity contribution in [1.29, 1.82) is 0 Å². The van der Waals surface area contributed by atoms with Gasteiger partial charge in [0.2, 0.25) is 0 Å². The number of piperidine rings is 1. The lowest BCUT2D eigenvalue weighted by Crippen LogP contribution is -2.44. The van der Waals surface area contributed by atoms with Gasteiger partial charge < -0.3 is 25.1 Å². The smallest absolute Gasteiger partial charge is 0.253 e. The Labute approximate surface area is 207 Å².